The summed E-state index contributed by atoms with van der Waals surface area (Å²) in [6.07, 6.45) is 5.33. The van der Waals surface area contributed by atoms with Crippen LogP contribution in [0.1, 0.15) is 44.7 Å². The third-order valence-electron chi connectivity index (χ3n) is 3.50. The number of hydrogen-bond donors (Lipinski definition) is 2. The maximum absolute atomic E-state index is 5.70. The molecule has 1 unspecified atom stereocenters. The smallest absolute Gasteiger partial charge is 0.0702 e. The van der Waals surface area contributed by atoms with Crippen LogP contribution >= 0.6 is 0 Å². The molecule has 0 spiro atoms. The second kappa shape index (κ2) is 6.64. The normalized spacial score (nSPS) is 13.1. The predicted molar refractivity (Wildman–Crippen MR) is 80.5 cm³/mol. The van der Waals surface area contributed by atoms with Crippen LogP contribution in [0.3, 0.4) is 0 Å². The summed E-state index contributed by atoms with van der Waals surface area (Å²) < 4.78 is 0. The molecule has 1 aromatic heterocycles. The Kier molecular flexibility index (Phi) is 4.88. The molecule has 3 N–H and O–H groups in total. The Hall–Kier alpha value is -1.45. The molecule has 0 saturated carbocycles. The summed E-state index contributed by atoms with van der Waals surface area (Å²) in [4.78, 5) is 4.34. The molecule has 0 fully saturated rings. The first kappa shape index (κ1) is 14.0. The van der Waals surface area contributed by atoms with Crippen molar-refractivity contribution in [2.75, 3.05) is 0 Å². The molecule has 0 bridgehead atoms. The monoisotopic (exact) mass is 257 g/mol. The molecule has 19 heavy (non-hydrogen) atoms. The van der Waals surface area contributed by atoms with Gasteiger partial charge in [0.1, 0.15) is 0 Å². The number of hydrazine groups is 1. The van der Waals surface area contributed by atoms with Gasteiger partial charge in [-0.05, 0) is 36.1 Å². The van der Waals surface area contributed by atoms with Gasteiger partial charge in [-0.2, -0.15) is 0 Å². The zero-order valence-corrected chi connectivity index (χ0v) is 11.8. The highest BCUT2D eigenvalue weighted by Crippen LogP contribution is 2.23. The van der Waals surface area contributed by atoms with Gasteiger partial charge >= 0.3 is 0 Å². The minimum atomic E-state index is 0.225. The highest BCUT2D eigenvalue weighted by molar-refractivity contribution is 5.79. The van der Waals surface area contributed by atoms with Crippen molar-refractivity contribution in [3.8, 4) is 0 Å². The number of aromatic nitrogens is 1. The maximum atomic E-state index is 5.70. The molecule has 0 aliphatic rings. The van der Waals surface area contributed by atoms with E-state index >= 15 is 0 Å². The number of fused-ring (bicyclic) bond motifs is 1. The highest BCUT2D eigenvalue weighted by Gasteiger charge is 2.10. The van der Waals surface area contributed by atoms with Crippen molar-refractivity contribution < 1.29 is 0 Å². The lowest BCUT2D eigenvalue weighted by molar-refractivity contribution is 0.455. The van der Waals surface area contributed by atoms with Crippen LogP contribution in [0.4, 0.5) is 0 Å². The molecule has 0 aliphatic carbocycles. The Morgan fingerprint density at radius 2 is 2.05 bits per heavy atom. The van der Waals surface area contributed by atoms with Crippen molar-refractivity contribution in [2.24, 2.45) is 11.8 Å². The zero-order chi connectivity index (χ0) is 13.7. The number of rotatable bonds is 6. The summed E-state index contributed by atoms with van der Waals surface area (Å²) in [6, 6.07) is 10.7. The first-order valence-corrected chi connectivity index (χ1v) is 7.01. The van der Waals surface area contributed by atoms with E-state index in [-0.39, 0.29) is 6.04 Å². The van der Waals surface area contributed by atoms with Gasteiger partial charge in [-0.25, -0.2) is 0 Å². The number of nitrogens with one attached hydrogen (secondary N) is 1. The van der Waals surface area contributed by atoms with Gasteiger partial charge in [-0.1, -0.05) is 38.8 Å². The topological polar surface area (TPSA) is 50.9 Å². The van der Waals surface area contributed by atoms with Crippen LogP contribution in [0.25, 0.3) is 10.9 Å². The number of hydrogen-bond acceptors (Lipinski definition) is 3. The Balaban J connectivity index is 2.11. The summed E-state index contributed by atoms with van der Waals surface area (Å²) in [6.45, 7) is 4.51. The van der Waals surface area contributed by atoms with E-state index in [1.54, 1.807) is 0 Å². The molecule has 1 heterocycles. The number of nitrogens with zero attached hydrogens (tertiary/aromatic N) is 1. The van der Waals surface area contributed by atoms with E-state index in [4.69, 9.17) is 5.84 Å². The van der Waals surface area contributed by atoms with Gasteiger partial charge in [0.2, 0.25) is 0 Å². The highest BCUT2D eigenvalue weighted by atomic mass is 15.2. The van der Waals surface area contributed by atoms with Crippen molar-refractivity contribution in [1.82, 2.24) is 10.4 Å². The molecular formula is C16H23N3. The number of pyridine rings is 1. The van der Waals surface area contributed by atoms with Crippen molar-refractivity contribution in [3.63, 3.8) is 0 Å². The summed E-state index contributed by atoms with van der Waals surface area (Å²) in [5.74, 6) is 6.45. The lowest BCUT2D eigenvalue weighted by Crippen LogP contribution is -2.28. The molecule has 3 nitrogen and oxygen atoms in total. The maximum Gasteiger partial charge on any atom is 0.0702 e. The van der Waals surface area contributed by atoms with Crippen LogP contribution in [0, 0.1) is 5.92 Å². The Morgan fingerprint density at radius 1 is 1.21 bits per heavy atom. The van der Waals surface area contributed by atoms with Crippen LogP contribution in [0.15, 0.2) is 36.5 Å². The van der Waals surface area contributed by atoms with Crippen LogP contribution in [0.2, 0.25) is 0 Å². The van der Waals surface area contributed by atoms with Crippen molar-refractivity contribution in [2.45, 2.75) is 39.2 Å². The molecule has 1 aromatic carbocycles. The van der Waals surface area contributed by atoms with Gasteiger partial charge in [0.05, 0.1) is 5.52 Å². The predicted octanol–water partition coefficient (Wildman–Crippen LogP) is 3.57. The molecule has 1 atom stereocenters. The third kappa shape index (κ3) is 3.75. The van der Waals surface area contributed by atoms with Gasteiger partial charge in [-0.15, -0.1) is 0 Å². The molecule has 0 aliphatic heterocycles. The Labute approximate surface area is 115 Å². The minimum Gasteiger partial charge on any atom is -0.271 e. The van der Waals surface area contributed by atoms with E-state index in [1.165, 1.54) is 23.8 Å². The first-order chi connectivity index (χ1) is 9.20. The molecule has 2 rings (SSSR count). The van der Waals surface area contributed by atoms with Crippen molar-refractivity contribution in [1.29, 1.82) is 0 Å². The average molecular weight is 257 g/mol. The summed E-state index contributed by atoms with van der Waals surface area (Å²) in [5, 5.41) is 1.17. The van der Waals surface area contributed by atoms with E-state index in [0.717, 1.165) is 17.9 Å². The van der Waals surface area contributed by atoms with E-state index in [0.29, 0.717) is 0 Å². The molecule has 3 heteroatoms. The van der Waals surface area contributed by atoms with Gasteiger partial charge in [0, 0.05) is 17.6 Å². The second-order valence-corrected chi connectivity index (χ2v) is 5.50. The SMILES string of the molecule is CC(C)CCCC(NN)c1ccc2ncccc2c1. The molecule has 102 valence electrons. The number of nitrogens with two attached hydrogens (primary N) is 1. The van der Waals surface area contributed by atoms with E-state index < -0.39 is 0 Å². The molecule has 0 amide bonds. The lowest BCUT2D eigenvalue weighted by Gasteiger charge is -2.17. The van der Waals surface area contributed by atoms with Gasteiger partial charge < -0.3 is 0 Å². The zero-order valence-electron chi connectivity index (χ0n) is 11.8. The second-order valence-electron chi connectivity index (χ2n) is 5.50. The van der Waals surface area contributed by atoms with Gasteiger partial charge in [0.15, 0.2) is 0 Å². The minimum absolute atomic E-state index is 0.225. The summed E-state index contributed by atoms with van der Waals surface area (Å²) >= 11 is 0. The quantitative estimate of drug-likeness (QED) is 0.614. The van der Waals surface area contributed by atoms with Gasteiger partial charge in [0.25, 0.3) is 0 Å². The fourth-order valence-corrected chi connectivity index (χ4v) is 2.39. The van der Waals surface area contributed by atoms with Crippen molar-refractivity contribution in [3.05, 3.63) is 42.1 Å². The molecular weight excluding hydrogens is 234 g/mol. The number of benzene rings is 1. The Bertz CT molecular complexity index is 522. The largest absolute Gasteiger partial charge is 0.271 e. The fourth-order valence-electron chi connectivity index (χ4n) is 2.39. The Morgan fingerprint density at radius 3 is 2.79 bits per heavy atom. The van der Waals surface area contributed by atoms with Crippen LogP contribution in [-0.2, 0) is 0 Å². The van der Waals surface area contributed by atoms with E-state index in [9.17, 15) is 0 Å². The fraction of sp³-hybridized carbons (Fsp3) is 0.438. The summed E-state index contributed by atoms with van der Waals surface area (Å²) in [7, 11) is 0. The third-order valence-corrected chi connectivity index (χ3v) is 3.50. The standard InChI is InChI=1S/C16H23N3/c1-12(2)5-3-7-16(19-17)14-8-9-15-13(11-14)6-4-10-18-15/h4,6,8-12,16,19H,3,5,7,17H2,1-2H3. The average Bonchev–Trinajstić information content (AvgIpc) is 2.43. The van der Waals surface area contributed by atoms with E-state index in [2.05, 4.69) is 48.5 Å². The lowest BCUT2D eigenvalue weighted by atomic mass is 9.97. The first-order valence-electron chi connectivity index (χ1n) is 7.01. The van der Waals surface area contributed by atoms with Gasteiger partial charge in [-0.3, -0.25) is 16.3 Å². The van der Waals surface area contributed by atoms with Crippen molar-refractivity contribution >= 4 is 10.9 Å². The van der Waals surface area contributed by atoms with Crippen LogP contribution in [-0.4, -0.2) is 4.98 Å². The summed E-state index contributed by atoms with van der Waals surface area (Å²) in [5.41, 5.74) is 5.21. The molecule has 0 radical (unpaired) electrons. The van der Waals surface area contributed by atoms with E-state index in [1.807, 2.05) is 12.3 Å². The van der Waals surface area contributed by atoms with Crippen LogP contribution in [0.5, 0.6) is 0 Å². The molecule has 0 saturated heterocycles. The molecule has 2 aromatic rings. The van der Waals surface area contributed by atoms with Crippen LogP contribution < -0.4 is 11.3 Å².